The molecular formula is C34H45N3O2. The smallest absolute Gasteiger partial charge is 0.251 e. The molecule has 0 aromatic heterocycles. The molecule has 1 aliphatic heterocycles. The standard InChI is InChI=1S/C34H45N3O2/c1-22(2)31(33(39)37-13-11-36(12-14-37)30-15-23(3)5-6-24(30)4)35-32(38)28-7-9-29(10-8-28)34-19-25-16-26(20-34)18-27(17-25)21-34/h5-10,15,22,25-27,31H,11-14,16-21H2,1-4H3,(H,35,38). The minimum absolute atomic E-state index is 0.0183. The fourth-order valence-electron chi connectivity index (χ4n) is 8.60. The number of anilines is 1. The predicted molar refractivity (Wildman–Crippen MR) is 157 cm³/mol. The maximum absolute atomic E-state index is 13.6. The zero-order valence-corrected chi connectivity index (χ0v) is 24.2. The summed E-state index contributed by atoms with van der Waals surface area (Å²) in [4.78, 5) is 31.2. The Balaban J connectivity index is 1.09. The van der Waals surface area contributed by atoms with Crippen molar-refractivity contribution in [2.45, 2.75) is 77.7 Å². The van der Waals surface area contributed by atoms with Gasteiger partial charge in [0.05, 0.1) is 0 Å². The number of hydrogen-bond acceptors (Lipinski definition) is 3. The van der Waals surface area contributed by atoms with Gasteiger partial charge in [-0.2, -0.15) is 0 Å². The molecule has 2 aromatic rings. The van der Waals surface area contributed by atoms with E-state index in [1.165, 1.54) is 60.9 Å². The first kappa shape index (κ1) is 26.4. The molecular weight excluding hydrogens is 482 g/mol. The Bertz CT molecular complexity index is 1190. The molecule has 4 saturated carbocycles. The number of rotatable bonds is 6. The summed E-state index contributed by atoms with van der Waals surface area (Å²) in [6.45, 7) is 11.3. The zero-order valence-electron chi connectivity index (χ0n) is 24.2. The summed E-state index contributed by atoms with van der Waals surface area (Å²) in [5.74, 6) is 2.61. The lowest BCUT2D eigenvalue weighted by molar-refractivity contribution is -0.134. The number of benzene rings is 2. The molecule has 4 bridgehead atoms. The number of hydrogen-bond donors (Lipinski definition) is 1. The van der Waals surface area contributed by atoms with Crippen LogP contribution in [0.3, 0.4) is 0 Å². The number of aryl methyl sites for hydroxylation is 2. The first-order chi connectivity index (χ1) is 18.7. The quantitative estimate of drug-likeness (QED) is 0.511. The van der Waals surface area contributed by atoms with Crippen LogP contribution in [-0.2, 0) is 10.2 Å². The largest absolute Gasteiger partial charge is 0.368 e. The summed E-state index contributed by atoms with van der Waals surface area (Å²) >= 11 is 0. The molecule has 5 heteroatoms. The molecule has 1 atom stereocenters. The number of carbonyl (C=O) groups excluding carboxylic acids is 2. The van der Waals surface area contributed by atoms with Gasteiger partial charge in [0, 0.05) is 37.4 Å². The molecule has 208 valence electrons. The van der Waals surface area contributed by atoms with E-state index in [2.05, 4.69) is 54.4 Å². The van der Waals surface area contributed by atoms with E-state index in [9.17, 15) is 9.59 Å². The lowest BCUT2D eigenvalue weighted by Crippen LogP contribution is -2.56. The molecule has 7 rings (SSSR count). The van der Waals surface area contributed by atoms with Crippen LogP contribution in [0.15, 0.2) is 42.5 Å². The van der Waals surface area contributed by atoms with Crippen molar-refractivity contribution in [2.24, 2.45) is 23.7 Å². The van der Waals surface area contributed by atoms with Gasteiger partial charge in [0.15, 0.2) is 0 Å². The Kier molecular flexibility index (Phi) is 6.97. The van der Waals surface area contributed by atoms with E-state index in [1.54, 1.807) is 0 Å². The highest BCUT2D eigenvalue weighted by molar-refractivity contribution is 5.97. The van der Waals surface area contributed by atoms with Crippen molar-refractivity contribution in [3.8, 4) is 0 Å². The molecule has 1 saturated heterocycles. The molecule has 1 N–H and O–H groups in total. The second-order valence-corrected chi connectivity index (χ2v) is 13.6. The molecule has 4 aliphatic carbocycles. The summed E-state index contributed by atoms with van der Waals surface area (Å²) in [5.41, 5.74) is 6.19. The van der Waals surface area contributed by atoms with Crippen LogP contribution >= 0.6 is 0 Å². The van der Waals surface area contributed by atoms with Crippen LogP contribution < -0.4 is 10.2 Å². The van der Waals surface area contributed by atoms with Crippen molar-refractivity contribution in [2.75, 3.05) is 31.1 Å². The Morgan fingerprint density at radius 2 is 1.44 bits per heavy atom. The molecule has 39 heavy (non-hydrogen) atoms. The Morgan fingerprint density at radius 3 is 2.00 bits per heavy atom. The SMILES string of the molecule is Cc1ccc(C)c(N2CCN(C(=O)C(NC(=O)c3ccc(C45CC6CC(CC(C6)C4)C5)cc3)C(C)C)CC2)c1. The highest BCUT2D eigenvalue weighted by atomic mass is 16.2. The van der Waals surface area contributed by atoms with Crippen LogP contribution in [0.2, 0.25) is 0 Å². The van der Waals surface area contributed by atoms with Crippen LogP contribution in [0, 0.1) is 37.5 Å². The molecule has 5 nitrogen and oxygen atoms in total. The monoisotopic (exact) mass is 527 g/mol. The summed E-state index contributed by atoms with van der Waals surface area (Å²) in [7, 11) is 0. The number of nitrogens with one attached hydrogen (secondary N) is 1. The van der Waals surface area contributed by atoms with Crippen LogP contribution in [0.1, 0.15) is 79.4 Å². The first-order valence-electron chi connectivity index (χ1n) is 15.2. The van der Waals surface area contributed by atoms with Gasteiger partial charge in [0.25, 0.3) is 5.91 Å². The number of carbonyl (C=O) groups is 2. The molecule has 1 unspecified atom stereocenters. The van der Waals surface area contributed by atoms with E-state index >= 15 is 0 Å². The average Bonchev–Trinajstić information content (AvgIpc) is 2.92. The van der Waals surface area contributed by atoms with Gasteiger partial charge in [-0.05, 0) is 116 Å². The van der Waals surface area contributed by atoms with Gasteiger partial charge in [0.2, 0.25) is 5.91 Å². The Morgan fingerprint density at radius 1 is 0.846 bits per heavy atom. The Labute approximate surface area is 234 Å². The molecule has 0 radical (unpaired) electrons. The molecule has 5 fully saturated rings. The maximum Gasteiger partial charge on any atom is 0.251 e. The minimum Gasteiger partial charge on any atom is -0.368 e. The predicted octanol–water partition coefficient (Wildman–Crippen LogP) is 5.87. The second-order valence-electron chi connectivity index (χ2n) is 13.6. The van der Waals surface area contributed by atoms with E-state index in [-0.39, 0.29) is 17.7 Å². The summed E-state index contributed by atoms with van der Waals surface area (Å²) in [6, 6.07) is 14.4. The van der Waals surface area contributed by atoms with Gasteiger partial charge in [-0.1, -0.05) is 38.1 Å². The van der Waals surface area contributed by atoms with Crippen molar-refractivity contribution in [1.29, 1.82) is 0 Å². The summed E-state index contributed by atoms with van der Waals surface area (Å²) < 4.78 is 0. The van der Waals surface area contributed by atoms with E-state index in [0.29, 0.717) is 24.1 Å². The molecule has 1 heterocycles. The third kappa shape index (κ3) is 5.10. The normalized spacial score (nSPS) is 28.6. The number of amides is 2. The minimum atomic E-state index is -0.521. The molecule has 0 spiro atoms. The van der Waals surface area contributed by atoms with Crippen LogP contribution in [0.5, 0.6) is 0 Å². The van der Waals surface area contributed by atoms with Crippen LogP contribution in [-0.4, -0.2) is 48.9 Å². The van der Waals surface area contributed by atoms with Crippen molar-refractivity contribution in [3.63, 3.8) is 0 Å². The van der Waals surface area contributed by atoms with Gasteiger partial charge in [-0.3, -0.25) is 9.59 Å². The fraction of sp³-hybridized carbons (Fsp3) is 0.588. The Hall–Kier alpha value is -2.82. The number of nitrogens with zero attached hydrogens (tertiary/aromatic N) is 2. The molecule has 2 amide bonds. The van der Waals surface area contributed by atoms with Crippen molar-refractivity contribution >= 4 is 17.5 Å². The highest BCUT2D eigenvalue weighted by Crippen LogP contribution is 2.60. The first-order valence-corrected chi connectivity index (χ1v) is 15.2. The van der Waals surface area contributed by atoms with E-state index < -0.39 is 6.04 Å². The summed E-state index contributed by atoms with van der Waals surface area (Å²) in [5, 5.41) is 3.10. The van der Waals surface area contributed by atoms with Gasteiger partial charge in [0.1, 0.15) is 6.04 Å². The van der Waals surface area contributed by atoms with E-state index in [1.807, 2.05) is 30.9 Å². The molecule has 2 aromatic carbocycles. The van der Waals surface area contributed by atoms with Gasteiger partial charge >= 0.3 is 0 Å². The second kappa shape index (κ2) is 10.3. The molecule has 5 aliphatic rings. The van der Waals surface area contributed by atoms with E-state index in [4.69, 9.17) is 0 Å². The fourth-order valence-corrected chi connectivity index (χ4v) is 8.60. The number of piperazine rings is 1. The topological polar surface area (TPSA) is 52.6 Å². The lowest BCUT2D eigenvalue weighted by Gasteiger charge is -2.57. The highest BCUT2D eigenvalue weighted by Gasteiger charge is 2.51. The van der Waals surface area contributed by atoms with Gasteiger partial charge < -0.3 is 15.1 Å². The van der Waals surface area contributed by atoms with Crippen LogP contribution in [0.4, 0.5) is 5.69 Å². The third-order valence-corrected chi connectivity index (χ3v) is 10.3. The third-order valence-electron chi connectivity index (χ3n) is 10.3. The van der Waals surface area contributed by atoms with Crippen molar-refractivity contribution in [3.05, 3.63) is 64.7 Å². The van der Waals surface area contributed by atoms with Crippen molar-refractivity contribution < 1.29 is 9.59 Å². The zero-order chi connectivity index (χ0) is 27.3. The van der Waals surface area contributed by atoms with E-state index in [0.717, 1.165) is 30.8 Å². The van der Waals surface area contributed by atoms with Gasteiger partial charge in [-0.25, -0.2) is 0 Å². The maximum atomic E-state index is 13.6. The van der Waals surface area contributed by atoms with Crippen molar-refractivity contribution in [1.82, 2.24) is 10.2 Å². The van der Waals surface area contributed by atoms with Gasteiger partial charge in [-0.15, -0.1) is 0 Å². The average molecular weight is 528 g/mol. The lowest BCUT2D eigenvalue weighted by atomic mass is 9.48. The van der Waals surface area contributed by atoms with Crippen LogP contribution in [0.25, 0.3) is 0 Å². The summed E-state index contributed by atoms with van der Waals surface area (Å²) in [6.07, 6.45) is 8.28.